The van der Waals surface area contributed by atoms with Crippen molar-refractivity contribution in [1.82, 2.24) is 5.32 Å². The Morgan fingerprint density at radius 1 is 1.55 bits per heavy atom. The molecule has 0 radical (unpaired) electrons. The highest BCUT2D eigenvalue weighted by atomic mass is 16.1. The summed E-state index contributed by atoms with van der Waals surface area (Å²) in [6.07, 6.45) is 5.13. The first-order valence-electron chi connectivity index (χ1n) is 4.43. The summed E-state index contributed by atoms with van der Waals surface area (Å²) in [6.45, 7) is 4.68. The molecule has 0 aromatic carbocycles. The van der Waals surface area contributed by atoms with Crippen LogP contribution in [0.1, 0.15) is 39.5 Å². The van der Waals surface area contributed by atoms with E-state index < -0.39 is 0 Å². The Labute approximate surface area is 68.4 Å². The summed E-state index contributed by atoms with van der Waals surface area (Å²) in [6, 6.07) is 0. The van der Waals surface area contributed by atoms with Crippen molar-refractivity contribution in [3.05, 3.63) is 0 Å². The van der Waals surface area contributed by atoms with Crippen LogP contribution in [0.5, 0.6) is 0 Å². The average Bonchev–Trinajstić information content (AvgIpc) is 1.86. The third-order valence-corrected chi connectivity index (χ3v) is 2.88. The van der Waals surface area contributed by atoms with Crippen LogP contribution in [0.15, 0.2) is 0 Å². The van der Waals surface area contributed by atoms with Crippen molar-refractivity contribution in [2.75, 3.05) is 6.54 Å². The van der Waals surface area contributed by atoms with E-state index in [1.165, 1.54) is 25.7 Å². The van der Waals surface area contributed by atoms with Crippen LogP contribution in [-0.4, -0.2) is 12.5 Å². The molecule has 1 saturated carbocycles. The quantitative estimate of drug-likeness (QED) is 0.660. The van der Waals surface area contributed by atoms with Crippen LogP contribution in [0, 0.1) is 5.41 Å². The minimum atomic E-state index is 0.102. The lowest BCUT2D eigenvalue weighted by Gasteiger charge is -2.41. The molecule has 1 rings (SSSR count). The molecule has 0 unspecified atom stereocenters. The maximum absolute atomic E-state index is 10.6. The van der Waals surface area contributed by atoms with E-state index in [1.807, 2.05) is 0 Å². The van der Waals surface area contributed by atoms with Crippen molar-refractivity contribution in [2.45, 2.75) is 39.5 Å². The fourth-order valence-corrected chi connectivity index (χ4v) is 1.64. The van der Waals surface area contributed by atoms with Gasteiger partial charge in [0.05, 0.1) is 0 Å². The van der Waals surface area contributed by atoms with Gasteiger partial charge in [0.2, 0.25) is 5.91 Å². The lowest BCUT2D eigenvalue weighted by atomic mass is 9.67. The van der Waals surface area contributed by atoms with Crippen molar-refractivity contribution in [2.24, 2.45) is 5.41 Å². The SMILES string of the molecule is CCC1(CNC(C)=O)CCC1. The molecule has 0 bridgehead atoms. The molecular weight excluding hydrogens is 138 g/mol. The predicted molar refractivity (Wildman–Crippen MR) is 45.3 cm³/mol. The summed E-state index contributed by atoms with van der Waals surface area (Å²) in [5.74, 6) is 0.102. The van der Waals surface area contributed by atoms with Crippen LogP contribution in [-0.2, 0) is 4.79 Å². The zero-order valence-electron chi connectivity index (χ0n) is 7.44. The van der Waals surface area contributed by atoms with Crippen LogP contribution in [0.2, 0.25) is 0 Å². The molecule has 1 N–H and O–H groups in total. The van der Waals surface area contributed by atoms with Gasteiger partial charge in [0.1, 0.15) is 0 Å². The molecule has 0 heterocycles. The molecule has 64 valence electrons. The van der Waals surface area contributed by atoms with Crippen molar-refractivity contribution in [1.29, 1.82) is 0 Å². The molecule has 0 aromatic rings. The second-order valence-corrected chi connectivity index (χ2v) is 3.62. The molecule has 0 atom stereocenters. The van der Waals surface area contributed by atoms with Gasteiger partial charge in [-0.05, 0) is 24.7 Å². The van der Waals surface area contributed by atoms with E-state index in [0.717, 1.165) is 6.54 Å². The Balaban J connectivity index is 2.27. The highest BCUT2D eigenvalue weighted by Crippen LogP contribution is 2.42. The van der Waals surface area contributed by atoms with Gasteiger partial charge in [-0.3, -0.25) is 4.79 Å². The summed E-state index contributed by atoms with van der Waals surface area (Å²) in [4.78, 5) is 10.6. The largest absolute Gasteiger partial charge is 0.356 e. The topological polar surface area (TPSA) is 29.1 Å². The Morgan fingerprint density at radius 3 is 2.45 bits per heavy atom. The molecule has 0 aromatic heterocycles. The van der Waals surface area contributed by atoms with Gasteiger partial charge >= 0.3 is 0 Å². The third kappa shape index (κ3) is 1.95. The normalized spacial score (nSPS) is 20.5. The number of carbonyl (C=O) groups excluding carboxylic acids is 1. The van der Waals surface area contributed by atoms with E-state index >= 15 is 0 Å². The number of amides is 1. The van der Waals surface area contributed by atoms with E-state index in [1.54, 1.807) is 6.92 Å². The molecule has 1 fully saturated rings. The first-order chi connectivity index (χ1) is 5.18. The fourth-order valence-electron chi connectivity index (χ4n) is 1.64. The molecule has 0 spiro atoms. The van der Waals surface area contributed by atoms with Gasteiger partial charge < -0.3 is 5.32 Å². The first kappa shape index (κ1) is 8.57. The minimum absolute atomic E-state index is 0.102. The minimum Gasteiger partial charge on any atom is -0.356 e. The van der Waals surface area contributed by atoms with E-state index in [0.29, 0.717) is 5.41 Å². The second kappa shape index (κ2) is 3.24. The van der Waals surface area contributed by atoms with Gasteiger partial charge in [-0.2, -0.15) is 0 Å². The lowest BCUT2D eigenvalue weighted by molar-refractivity contribution is -0.119. The molecule has 2 heteroatoms. The molecule has 1 aliphatic rings. The van der Waals surface area contributed by atoms with Gasteiger partial charge in [0.25, 0.3) is 0 Å². The summed E-state index contributed by atoms with van der Waals surface area (Å²) in [7, 11) is 0. The summed E-state index contributed by atoms with van der Waals surface area (Å²) >= 11 is 0. The summed E-state index contributed by atoms with van der Waals surface area (Å²) in [5, 5.41) is 2.90. The van der Waals surface area contributed by atoms with Gasteiger partial charge in [-0.1, -0.05) is 13.3 Å². The van der Waals surface area contributed by atoms with Crippen LogP contribution in [0.4, 0.5) is 0 Å². The van der Waals surface area contributed by atoms with Gasteiger partial charge in [-0.25, -0.2) is 0 Å². The molecule has 0 aliphatic heterocycles. The van der Waals surface area contributed by atoms with Crippen LogP contribution >= 0.6 is 0 Å². The Morgan fingerprint density at radius 2 is 2.18 bits per heavy atom. The first-order valence-corrected chi connectivity index (χ1v) is 4.43. The smallest absolute Gasteiger partial charge is 0.216 e. The van der Waals surface area contributed by atoms with Gasteiger partial charge in [0, 0.05) is 13.5 Å². The number of hydrogen-bond donors (Lipinski definition) is 1. The van der Waals surface area contributed by atoms with Gasteiger partial charge in [-0.15, -0.1) is 0 Å². The summed E-state index contributed by atoms with van der Waals surface area (Å²) < 4.78 is 0. The van der Waals surface area contributed by atoms with Crippen molar-refractivity contribution in [3.63, 3.8) is 0 Å². The zero-order chi connectivity index (χ0) is 8.32. The van der Waals surface area contributed by atoms with E-state index in [-0.39, 0.29) is 5.91 Å². The fraction of sp³-hybridized carbons (Fsp3) is 0.889. The lowest BCUT2D eigenvalue weighted by Crippen LogP contribution is -2.40. The number of nitrogens with one attached hydrogen (secondary N) is 1. The Bertz CT molecular complexity index is 144. The molecule has 2 nitrogen and oxygen atoms in total. The predicted octanol–water partition coefficient (Wildman–Crippen LogP) is 1.70. The van der Waals surface area contributed by atoms with E-state index in [2.05, 4.69) is 12.2 Å². The average molecular weight is 155 g/mol. The highest BCUT2D eigenvalue weighted by Gasteiger charge is 2.34. The third-order valence-electron chi connectivity index (χ3n) is 2.88. The maximum atomic E-state index is 10.6. The zero-order valence-corrected chi connectivity index (χ0v) is 7.44. The Hall–Kier alpha value is -0.530. The van der Waals surface area contributed by atoms with E-state index in [9.17, 15) is 4.79 Å². The number of rotatable bonds is 3. The van der Waals surface area contributed by atoms with Gasteiger partial charge in [0.15, 0.2) is 0 Å². The summed E-state index contributed by atoms with van der Waals surface area (Å²) in [5.41, 5.74) is 0.464. The van der Waals surface area contributed by atoms with Crippen molar-refractivity contribution < 1.29 is 4.79 Å². The van der Waals surface area contributed by atoms with Crippen molar-refractivity contribution in [3.8, 4) is 0 Å². The van der Waals surface area contributed by atoms with Crippen LogP contribution in [0.3, 0.4) is 0 Å². The van der Waals surface area contributed by atoms with Crippen LogP contribution in [0.25, 0.3) is 0 Å². The maximum Gasteiger partial charge on any atom is 0.216 e. The standard InChI is InChI=1S/C9H17NO/c1-3-9(5-4-6-9)7-10-8(2)11/h3-7H2,1-2H3,(H,10,11). The molecule has 1 aliphatic carbocycles. The number of carbonyl (C=O) groups is 1. The van der Waals surface area contributed by atoms with E-state index in [4.69, 9.17) is 0 Å². The molecule has 0 saturated heterocycles. The van der Waals surface area contributed by atoms with Crippen molar-refractivity contribution >= 4 is 5.91 Å². The molecule has 11 heavy (non-hydrogen) atoms. The monoisotopic (exact) mass is 155 g/mol. The molecular formula is C9H17NO. The highest BCUT2D eigenvalue weighted by molar-refractivity contribution is 5.72. The molecule has 1 amide bonds. The Kier molecular flexibility index (Phi) is 2.53. The van der Waals surface area contributed by atoms with Crippen LogP contribution < -0.4 is 5.32 Å². The number of hydrogen-bond acceptors (Lipinski definition) is 1. The second-order valence-electron chi connectivity index (χ2n) is 3.62.